The second-order valence-electron chi connectivity index (χ2n) is 3.89. The van der Waals surface area contributed by atoms with Crippen molar-refractivity contribution in [1.82, 2.24) is 5.32 Å². The molecule has 2 nitrogen and oxygen atoms in total. The lowest BCUT2D eigenvalue weighted by Gasteiger charge is -2.19. The third kappa shape index (κ3) is 3.85. The van der Waals surface area contributed by atoms with Crippen LogP contribution in [0.5, 0.6) is 0 Å². The molecule has 0 heterocycles. The molecule has 0 saturated heterocycles. The molecular formula is C12H17BrFNO. The Morgan fingerprint density at radius 3 is 2.69 bits per heavy atom. The van der Waals surface area contributed by atoms with Crippen LogP contribution in [0.1, 0.15) is 25.5 Å². The van der Waals surface area contributed by atoms with E-state index in [0.717, 1.165) is 10.0 Å². The van der Waals surface area contributed by atoms with E-state index < -0.39 is 0 Å². The smallest absolute Gasteiger partial charge is 0.123 e. The van der Waals surface area contributed by atoms with Crippen LogP contribution in [-0.2, 0) is 4.74 Å². The van der Waals surface area contributed by atoms with Gasteiger partial charge < -0.3 is 10.1 Å². The molecule has 0 aromatic heterocycles. The molecule has 0 spiro atoms. The molecule has 16 heavy (non-hydrogen) atoms. The van der Waals surface area contributed by atoms with Crippen LogP contribution in [0.15, 0.2) is 22.7 Å². The zero-order valence-corrected chi connectivity index (χ0v) is 11.3. The molecule has 1 unspecified atom stereocenters. The van der Waals surface area contributed by atoms with Crippen molar-refractivity contribution in [3.63, 3.8) is 0 Å². The van der Waals surface area contributed by atoms with Crippen LogP contribution in [0.2, 0.25) is 0 Å². The molecule has 1 N–H and O–H groups in total. The largest absolute Gasteiger partial charge is 0.377 e. The first-order chi connectivity index (χ1) is 7.54. The summed E-state index contributed by atoms with van der Waals surface area (Å²) in [6.07, 6.45) is 0.170. The highest BCUT2D eigenvalue weighted by Crippen LogP contribution is 2.24. The van der Waals surface area contributed by atoms with E-state index in [1.807, 2.05) is 20.9 Å². The van der Waals surface area contributed by atoms with E-state index in [1.165, 1.54) is 12.1 Å². The summed E-state index contributed by atoms with van der Waals surface area (Å²) >= 11 is 3.42. The zero-order valence-electron chi connectivity index (χ0n) is 9.76. The summed E-state index contributed by atoms with van der Waals surface area (Å²) in [6.45, 7) is 4.48. The first-order valence-electron chi connectivity index (χ1n) is 5.28. The van der Waals surface area contributed by atoms with Gasteiger partial charge in [0.2, 0.25) is 0 Å². The Morgan fingerprint density at radius 1 is 1.44 bits per heavy atom. The maximum Gasteiger partial charge on any atom is 0.123 e. The van der Waals surface area contributed by atoms with Crippen LogP contribution in [0.4, 0.5) is 4.39 Å². The topological polar surface area (TPSA) is 21.3 Å². The monoisotopic (exact) mass is 289 g/mol. The normalized spacial score (nSPS) is 13.1. The van der Waals surface area contributed by atoms with Gasteiger partial charge in [-0.05, 0) is 44.7 Å². The van der Waals surface area contributed by atoms with Gasteiger partial charge in [-0.1, -0.05) is 15.9 Å². The zero-order chi connectivity index (χ0) is 12.1. The maximum atomic E-state index is 13.2. The van der Waals surface area contributed by atoms with E-state index in [-0.39, 0.29) is 18.0 Å². The minimum atomic E-state index is -0.233. The number of nitrogens with one attached hydrogen (secondary N) is 1. The van der Waals surface area contributed by atoms with Gasteiger partial charge >= 0.3 is 0 Å². The number of hydrogen-bond donors (Lipinski definition) is 1. The Balaban J connectivity index is 2.81. The molecule has 90 valence electrons. The predicted octanol–water partition coefficient (Wildman–Crippen LogP) is 3.27. The fourth-order valence-corrected chi connectivity index (χ4v) is 1.92. The summed E-state index contributed by atoms with van der Waals surface area (Å²) in [5, 5.41) is 3.12. The molecule has 1 aromatic carbocycles. The Morgan fingerprint density at radius 2 is 2.12 bits per heavy atom. The molecule has 0 fully saturated rings. The van der Waals surface area contributed by atoms with Gasteiger partial charge in [0.1, 0.15) is 5.82 Å². The van der Waals surface area contributed by atoms with Crippen molar-refractivity contribution in [3.8, 4) is 0 Å². The van der Waals surface area contributed by atoms with Crippen molar-refractivity contribution in [2.45, 2.75) is 26.0 Å². The minimum absolute atomic E-state index is 0.00697. The highest BCUT2D eigenvalue weighted by Gasteiger charge is 2.14. The number of halogens is 2. The van der Waals surface area contributed by atoms with E-state index in [0.29, 0.717) is 6.61 Å². The lowest BCUT2D eigenvalue weighted by molar-refractivity contribution is 0.0624. The van der Waals surface area contributed by atoms with Crippen molar-refractivity contribution < 1.29 is 9.13 Å². The van der Waals surface area contributed by atoms with Crippen LogP contribution in [0.25, 0.3) is 0 Å². The highest BCUT2D eigenvalue weighted by molar-refractivity contribution is 9.10. The quantitative estimate of drug-likeness (QED) is 0.898. The van der Waals surface area contributed by atoms with Gasteiger partial charge in [0.25, 0.3) is 0 Å². The molecule has 4 heteroatoms. The lowest BCUT2D eigenvalue weighted by Crippen LogP contribution is -2.24. The van der Waals surface area contributed by atoms with Crippen molar-refractivity contribution in [3.05, 3.63) is 34.1 Å². The molecule has 1 rings (SSSR count). The standard InChI is InChI=1S/C12H17BrFNO/c1-8(2)16-7-12(15-3)10-6-9(14)4-5-11(10)13/h4-6,8,12,15H,7H2,1-3H3. The fraction of sp³-hybridized carbons (Fsp3) is 0.500. The molecule has 0 amide bonds. The molecule has 1 atom stereocenters. The van der Waals surface area contributed by atoms with Crippen molar-refractivity contribution in [2.75, 3.05) is 13.7 Å². The van der Waals surface area contributed by atoms with E-state index in [2.05, 4.69) is 21.2 Å². The average Bonchev–Trinajstić information content (AvgIpc) is 2.23. The number of ether oxygens (including phenoxy) is 1. The summed E-state index contributed by atoms with van der Waals surface area (Å²) < 4.78 is 19.6. The molecule has 1 aromatic rings. The molecule has 0 aliphatic rings. The van der Waals surface area contributed by atoms with Gasteiger partial charge in [-0.15, -0.1) is 0 Å². The van der Waals surface area contributed by atoms with Gasteiger partial charge in [0.05, 0.1) is 18.8 Å². The first kappa shape index (κ1) is 13.6. The molecule has 0 radical (unpaired) electrons. The molecule has 0 bridgehead atoms. The summed E-state index contributed by atoms with van der Waals surface area (Å²) in [4.78, 5) is 0. The van der Waals surface area contributed by atoms with Crippen LogP contribution in [0.3, 0.4) is 0 Å². The lowest BCUT2D eigenvalue weighted by atomic mass is 10.1. The highest BCUT2D eigenvalue weighted by atomic mass is 79.9. The Labute approximate surface area is 104 Å². The van der Waals surface area contributed by atoms with Gasteiger partial charge in [0.15, 0.2) is 0 Å². The summed E-state index contributed by atoms with van der Waals surface area (Å²) in [7, 11) is 1.84. The van der Waals surface area contributed by atoms with E-state index in [9.17, 15) is 4.39 Å². The van der Waals surface area contributed by atoms with Crippen LogP contribution in [-0.4, -0.2) is 19.8 Å². The second kappa shape index (κ2) is 6.33. The van der Waals surface area contributed by atoms with Crippen LogP contribution < -0.4 is 5.32 Å². The van der Waals surface area contributed by atoms with Crippen molar-refractivity contribution in [1.29, 1.82) is 0 Å². The van der Waals surface area contributed by atoms with Crippen LogP contribution in [0, 0.1) is 5.82 Å². The SMILES string of the molecule is CNC(COC(C)C)c1cc(F)ccc1Br. The third-order valence-corrected chi connectivity index (χ3v) is 3.00. The number of benzene rings is 1. The van der Waals surface area contributed by atoms with Gasteiger partial charge in [0, 0.05) is 4.47 Å². The third-order valence-electron chi connectivity index (χ3n) is 2.28. The Kier molecular flexibility index (Phi) is 5.38. The first-order valence-corrected chi connectivity index (χ1v) is 6.07. The maximum absolute atomic E-state index is 13.2. The van der Waals surface area contributed by atoms with Crippen LogP contribution >= 0.6 is 15.9 Å². The average molecular weight is 290 g/mol. The summed E-state index contributed by atoms with van der Waals surface area (Å²) in [5.74, 6) is -0.233. The number of rotatable bonds is 5. The second-order valence-corrected chi connectivity index (χ2v) is 4.74. The number of hydrogen-bond acceptors (Lipinski definition) is 2. The van der Waals surface area contributed by atoms with E-state index in [4.69, 9.17) is 4.74 Å². The minimum Gasteiger partial charge on any atom is -0.377 e. The van der Waals surface area contributed by atoms with Gasteiger partial charge in [-0.3, -0.25) is 0 Å². The molecule has 0 aliphatic carbocycles. The summed E-state index contributed by atoms with van der Waals surface area (Å²) in [5.41, 5.74) is 0.878. The van der Waals surface area contributed by atoms with E-state index in [1.54, 1.807) is 6.07 Å². The molecule has 0 saturated carbocycles. The van der Waals surface area contributed by atoms with Gasteiger partial charge in [-0.2, -0.15) is 0 Å². The van der Waals surface area contributed by atoms with Gasteiger partial charge in [-0.25, -0.2) is 4.39 Å². The number of likely N-dealkylation sites (N-methyl/N-ethyl adjacent to an activating group) is 1. The van der Waals surface area contributed by atoms with Crippen molar-refractivity contribution >= 4 is 15.9 Å². The molecule has 0 aliphatic heterocycles. The Bertz CT molecular complexity index is 344. The molecular weight excluding hydrogens is 273 g/mol. The predicted molar refractivity (Wildman–Crippen MR) is 67.0 cm³/mol. The fourth-order valence-electron chi connectivity index (χ4n) is 1.40. The Hall–Kier alpha value is -0.450. The summed E-state index contributed by atoms with van der Waals surface area (Å²) in [6, 6.07) is 4.66. The van der Waals surface area contributed by atoms with Crippen molar-refractivity contribution in [2.24, 2.45) is 0 Å². The van der Waals surface area contributed by atoms with E-state index >= 15 is 0 Å².